The first kappa shape index (κ1) is 19.6. The number of thiophene rings is 1. The standard InChI is InChI=1S/C20H13F3N4O2S/c21-20(22,23)12-9-13(14-7-4-8-30-14)26-19-15(12)16(24)17(29-19)18(28)27-25-10-11-5-2-1-3-6-11/h1-10H,24H2,(H,27,28)/b25-10+. The molecule has 0 bridgehead atoms. The molecule has 3 heterocycles. The summed E-state index contributed by atoms with van der Waals surface area (Å²) in [4.78, 5) is 17.0. The van der Waals surface area contributed by atoms with Gasteiger partial charge >= 0.3 is 12.1 Å². The van der Waals surface area contributed by atoms with Gasteiger partial charge in [-0.2, -0.15) is 18.3 Å². The maximum absolute atomic E-state index is 13.7. The van der Waals surface area contributed by atoms with Crippen molar-refractivity contribution in [1.82, 2.24) is 10.4 Å². The molecule has 0 atom stereocenters. The topological polar surface area (TPSA) is 93.5 Å². The minimum Gasteiger partial charge on any atom is -0.430 e. The molecule has 1 amide bonds. The molecule has 6 nitrogen and oxygen atoms in total. The number of alkyl halides is 3. The minimum atomic E-state index is -4.72. The van der Waals surface area contributed by atoms with E-state index >= 15 is 0 Å². The number of hydrazone groups is 1. The van der Waals surface area contributed by atoms with Crippen molar-refractivity contribution in [3.8, 4) is 10.6 Å². The lowest BCUT2D eigenvalue weighted by molar-refractivity contribution is -0.136. The molecule has 4 rings (SSSR count). The Morgan fingerprint density at radius 2 is 1.97 bits per heavy atom. The number of aromatic nitrogens is 1. The van der Waals surface area contributed by atoms with Gasteiger partial charge in [-0.3, -0.25) is 4.79 Å². The summed E-state index contributed by atoms with van der Waals surface area (Å²) in [6.07, 6.45) is -3.34. The predicted molar refractivity (Wildman–Crippen MR) is 108 cm³/mol. The molecule has 3 aromatic heterocycles. The van der Waals surface area contributed by atoms with Gasteiger partial charge in [-0.25, -0.2) is 10.4 Å². The van der Waals surface area contributed by atoms with Gasteiger partial charge in [0.1, 0.15) is 0 Å². The Bertz CT molecular complexity index is 1230. The lowest BCUT2D eigenvalue weighted by Gasteiger charge is -2.09. The van der Waals surface area contributed by atoms with Crippen LogP contribution >= 0.6 is 11.3 Å². The number of benzene rings is 1. The third-order valence-corrected chi connectivity index (χ3v) is 5.06. The molecule has 0 saturated heterocycles. The molecule has 10 heteroatoms. The summed E-state index contributed by atoms with van der Waals surface area (Å²) in [5.41, 5.74) is 6.99. The minimum absolute atomic E-state index is 0.0765. The Labute approximate surface area is 171 Å². The van der Waals surface area contributed by atoms with Crippen LogP contribution in [0.3, 0.4) is 0 Å². The number of halogens is 3. The molecule has 3 N–H and O–H groups in total. The summed E-state index contributed by atoms with van der Waals surface area (Å²) in [5, 5.41) is 5.04. The Hall–Kier alpha value is -3.66. The fourth-order valence-electron chi connectivity index (χ4n) is 2.82. The molecule has 0 aliphatic heterocycles. The highest BCUT2D eigenvalue weighted by atomic mass is 32.1. The number of hydrogen-bond donors (Lipinski definition) is 2. The van der Waals surface area contributed by atoms with Crippen molar-refractivity contribution < 1.29 is 22.4 Å². The van der Waals surface area contributed by atoms with Crippen LogP contribution < -0.4 is 11.2 Å². The van der Waals surface area contributed by atoms with Crippen molar-refractivity contribution in [1.29, 1.82) is 0 Å². The molecule has 0 aliphatic carbocycles. The number of nitrogens with zero attached hydrogens (tertiary/aromatic N) is 2. The van der Waals surface area contributed by atoms with Crippen LogP contribution in [0.15, 0.2) is 63.4 Å². The molecule has 1 aromatic carbocycles. The molecule has 152 valence electrons. The first-order chi connectivity index (χ1) is 14.3. The van der Waals surface area contributed by atoms with E-state index in [-0.39, 0.29) is 11.4 Å². The number of pyridine rings is 1. The number of hydrogen-bond acceptors (Lipinski definition) is 6. The second-order valence-corrected chi connectivity index (χ2v) is 7.11. The van der Waals surface area contributed by atoms with E-state index in [0.717, 1.165) is 11.6 Å². The van der Waals surface area contributed by atoms with E-state index in [1.807, 2.05) is 6.07 Å². The second-order valence-electron chi connectivity index (χ2n) is 6.16. The number of nitrogens with one attached hydrogen (secondary N) is 1. The van der Waals surface area contributed by atoms with Gasteiger partial charge in [0, 0.05) is 0 Å². The Morgan fingerprint density at radius 1 is 1.20 bits per heavy atom. The highest BCUT2D eigenvalue weighted by molar-refractivity contribution is 7.13. The molecule has 4 aromatic rings. The first-order valence-corrected chi connectivity index (χ1v) is 9.45. The number of nitrogen functional groups attached to an aromatic ring is 1. The molecule has 0 fully saturated rings. The molecular weight excluding hydrogens is 417 g/mol. The maximum atomic E-state index is 13.7. The van der Waals surface area contributed by atoms with Gasteiger partial charge < -0.3 is 10.2 Å². The third-order valence-electron chi connectivity index (χ3n) is 4.16. The van der Waals surface area contributed by atoms with Crippen LogP contribution in [-0.2, 0) is 6.18 Å². The van der Waals surface area contributed by atoms with Crippen molar-refractivity contribution in [2.75, 3.05) is 5.73 Å². The van der Waals surface area contributed by atoms with Crippen LogP contribution in [0, 0.1) is 0 Å². The second kappa shape index (κ2) is 7.64. The third kappa shape index (κ3) is 3.77. The molecule has 0 spiro atoms. The normalized spacial score (nSPS) is 12.0. The first-order valence-electron chi connectivity index (χ1n) is 8.57. The molecule has 0 aliphatic rings. The van der Waals surface area contributed by atoms with Crippen molar-refractivity contribution in [3.05, 3.63) is 70.8 Å². The van der Waals surface area contributed by atoms with Crippen LogP contribution in [0.5, 0.6) is 0 Å². The van der Waals surface area contributed by atoms with E-state index in [2.05, 4.69) is 15.5 Å². The smallest absolute Gasteiger partial charge is 0.417 e. The summed E-state index contributed by atoms with van der Waals surface area (Å²) in [5.74, 6) is -1.37. The van der Waals surface area contributed by atoms with Crippen LogP contribution in [0.1, 0.15) is 21.7 Å². The number of anilines is 1. The quantitative estimate of drug-likeness (QED) is 0.355. The summed E-state index contributed by atoms with van der Waals surface area (Å²) in [7, 11) is 0. The van der Waals surface area contributed by atoms with E-state index in [0.29, 0.717) is 4.88 Å². The van der Waals surface area contributed by atoms with Crippen molar-refractivity contribution in [2.24, 2.45) is 5.10 Å². The highest BCUT2D eigenvalue weighted by Gasteiger charge is 2.37. The van der Waals surface area contributed by atoms with Gasteiger partial charge in [0.25, 0.3) is 0 Å². The fourth-order valence-corrected chi connectivity index (χ4v) is 3.51. The van der Waals surface area contributed by atoms with Gasteiger partial charge in [-0.05, 0) is 23.1 Å². The summed E-state index contributed by atoms with van der Waals surface area (Å²) < 4.78 is 46.3. The number of fused-ring (bicyclic) bond motifs is 1. The van der Waals surface area contributed by atoms with E-state index in [1.54, 1.807) is 41.8 Å². The van der Waals surface area contributed by atoms with Crippen LogP contribution in [0.4, 0.5) is 18.9 Å². The molecule has 0 saturated carbocycles. The van der Waals surface area contributed by atoms with Crippen molar-refractivity contribution >= 4 is 40.2 Å². The van der Waals surface area contributed by atoms with E-state index in [9.17, 15) is 18.0 Å². The fraction of sp³-hybridized carbons (Fsp3) is 0.0500. The Balaban J connectivity index is 1.73. The zero-order valence-corrected chi connectivity index (χ0v) is 15.9. The number of carbonyl (C=O) groups excluding carboxylic acids is 1. The molecule has 30 heavy (non-hydrogen) atoms. The van der Waals surface area contributed by atoms with E-state index < -0.39 is 34.5 Å². The molecule has 0 unspecified atom stereocenters. The van der Waals surface area contributed by atoms with E-state index in [1.165, 1.54) is 17.6 Å². The van der Waals surface area contributed by atoms with Crippen LogP contribution in [-0.4, -0.2) is 17.1 Å². The zero-order chi connectivity index (χ0) is 21.3. The predicted octanol–water partition coefficient (Wildman–Crippen LogP) is 4.92. The summed E-state index contributed by atoms with van der Waals surface area (Å²) >= 11 is 1.23. The van der Waals surface area contributed by atoms with Crippen molar-refractivity contribution in [2.45, 2.75) is 6.18 Å². The Morgan fingerprint density at radius 3 is 2.63 bits per heavy atom. The van der Waals surface area contributed by atoms with Crippen molar-refractivity contribution in [3.63, 3.8) is 0 Å². The summed E-state index contributed by atoms with van der Waals surface area (Å²) in [6, 6.07) is 13.1. The average molecular weight is 430 g/mol. The lowest BCUT2D eigenvalue weighted by atomic mass is 10.1. The molecule has 0 radical (unpaired) electrons. The monoisotopic (exact) mass is 430 g/mol. The number of amides is 1. The van der Waals surface area contributed by atoms with Gasteiger partial charge in [-0.1, -0.05) is 36.4 Å². The molecular formula is C20H13F3N4O2S. The van der Waals surface area contributed by atoms with Crippen LogP contribution in [0.25, 0.3) is 21.7 Å². The number of furan rings is 1. The SMILES string of the molecule is Nc1c(C(=O)N/N=C/c2ccccc2)oc2nc(-c3cccs3)cc(C(F)(F)F)c12. The largest absolute Gasteiger partial charge is 0.430 e. The highest BCUT2D eigenvalue weighted by Crippen LogP contribution is 2.41. The van der Waals surface area contributed by atoms with Gasteiger partial charge in [-0.15, -0.1) is 11.3 Å². The maximum Gasteiger partial charge on any atom is 0.417 e. The van der Waals surface area contributed by atoms with E-state index in [4.69, 9.17) is 10.2 Å². The summed E-state index contributed by atoms with van der Waals surface area (Å²) in [6.45, 7) is 0. The Kier molecular flexibility index (Phi) is 5.00. The number of rotatable bonds is 4. The average Bonchev–Trinajstić information content (AvgIpc) is 3.36. The number of nitrogens with two attached hydrogens (primary N) is 1. The lowest BCUT2D eigenvalue weighted by Crippen LogP contribution is -2.18. The van der Waals surface area contributed by atoms with Gasteiger partial charge in [0.05, 0.1) is 33.4 Å². The van der Waals surface area contributed by atoms with Gasteiger partial charge in [0.15, 0.2) is 0 Å². The van der Waals surface area contributed by atoms with Crippen LogP contribution in [0.2, 0.25) is 0 Å². The van der Waals surface area contributed by atoms with Gasteiger partial charge in [0.2, 0.25) is 11.5 Å². The number of carbonyl (C=O) groups is 1. The zero-order valence-electron chi connectivity index (χ0n) is 15.1.